The van der Waals surface area contributed by atoms with Crippen molar-refractivity contribution in [2.24, 2.45) is 0 Å². The van der Waals surface area contributed by atoms with Gasteiger partial charge < -0.3 is 19.7 Å². The van der Waals surface area contributed by atoms with Crippen molar-refractivity contribution in [3.05, 3.63) is 0 Å². The lowest BCUT2D eigenvalue weighted by atomic mass is 10.0. The van der Waals surface area contributed by atoms with Crippen molar-refractivity contribution in [2.45, 2.75) is 51.7 Å². The van der Waals surface area contributed by atoms with Crippen LogP contribution in [0.5, 0.6) is 0 Å². The number of carbonyl (C=O) groups is 2. The van der Waals surface area contributed by atoms with Crippen LogP contribution in [0.1, 0.15) is 39.5 Å². The van der Waals surface area contributed by atoms with Crippen LogP contribution in [0.4, 0.5) is 0 Å². The lowest BCUT2D eigenvalue weighted by molar-refractivity contribution is -0.138. The van der Waals surface area contributed by atoms with Gasteiger partial charge in [0.15, 0.2) is 0 Å². The van der Waals surface area contributed by atoms with Crippen LogP contribution >= 0.6 is 0 Å². The highest BCUT2D eigenvalue weighted by Gasteiger charge is 2.28. The van der Waals surface area contributed by atoms with E-state index in [4.69, 9.17) is 4.74 Å². The first-order valence-electron chi connectivity index (χ1n) is 11.1. The monoisotopic (exact) mass is 412 g/mol. The number of nitrogens with one attached hydrogen (secondary N) is 1. The molecule has 3 heterocycles. The number of nitrogens with zero attached hydrogens (tertiary/aromatic N) is 3. The molecule has 0 atom stereocenters. The van der Waals surface area contributed by atoms with Crippen LogP contribution in [0.25, 0.3) is 0 Å². The zero-order chi connectivity index (χ0) is 21.1. The summed E-state index contributed by atoms with van der Waals surface area (Å²) in [6.45, 7) is 13.1. The van der Waals surface area contributed by atoms with Gasteiger partial charge in [-0.3, -0.25) is 19.4 Å². The van der Waals surface area contributed by atoms with E-state index in [1.54, 1.807) is 0 Å². The second-order valence-electron chi connectivity index (χ2n) is 8.02. The van der Waals surface area contributed by atoms with Crippen molar-refractivity contribution >= 4 is 11.9 Å². The zero-order valence-corrected chi connectivity index (χ0v) is 18.5. The molecule has 8 nitrogen and oxygen atoms in total. The number of ether oxygens (including phenoxy) is 2. The van der Waals surface area contributed by atoms with Crippen LogP contribution < -0.4 is 5.32 Å². The Morgan fingerprint density at radius 2 is 1.55 bits per heavy atom. The maximum Gasteiger partial charge on any atom is 0.302 e. The molecular weight excluding hydrogens is 372 g/mol. The van der Waals surface area contributed by atoms with E-state index in [-0.39, 0.29) is 5.97 Å². The van der Waals surface area contributed by atoms with E-state index in [9.17, 15) is 9.59 Å². The minimum atomic E-state index is -0.245. The highest BCUT2D eigenvalue weighted by molar-refractivity contribution is 5.78. The van der Waals surface area contributed by atoms with Crippen LogP contribution in [0.3, 0.4) is 0 Å². The third kappa shape index (κ3) is 8.58. The number of carbonyl (C=O) groups excluding carboxylic acids is 2. The molecule has 0 aromatic carbocycles. The summed E-state index contributed by atoms with van der Waals surface area (Å²) in [6.07, 6.45) is 4.88. The molecule has 0 aliphatic carbocycles. The highest BCUT2D eigenvalue weighted by atomic mass is 16.5. The second-order valence-corrected chi connectivity index (χ2v) is 8.02. The summed E-state index contributed by atoms with van der Waals surface area (Å²) in [5, 5.41) is 3.44. The quantitative estimate of drug-likeness (QED) is 0.662. The Hall–Kier alpha value is -1.22. The predicted molar refractivity (Wildman–Crippen MR) is 113 cm³/mol. The molecule has 0 spiro atoms. The first kappa shape index (κ1) is 24.1. The van der Waals surface area contributed by atoms with E-state index in [2.05, 4.69) is 19.9 Å². The standard InChI is InChI=1S/C18H34N4O2.C3H6O2/c1-2-24-17-5-9-22(10-6-17)18(23)15-20-11-13-21(14-12-20)16-3-7-19-8-4-16;1-3(4)5-2/h16-17,19H,2-15H2,1H3;1-2H3. The molecule has 3 rings (SSSR count). The normalized spacial score (nSPS) is 22.7. The number of esters is 1. The van der Waals surface area contributed by atoms with E-state index in [0.717, 1.165) is 77.8 Å². The molecule has 0 saturated carbocycles. The minimum absolute atomic E-state index is 0.245. The summed E-state index contributed by atoms with van der Waals surface area (Å²) in [7, 11) is 1.35. The van der Waals surface area contributed by atoms with Crippen molar-refractivity contribution < 1.29 is 19.1 Å². The molecule has 1 amide bonds. The average molecular weight is 413 g/mol. The Balaban J connectivity index is 0.000000537. The average Bonchev–Trinajstić information content (AvgIpc) is 2.76. The number of rotatable bonds is 5. The van der Waals surface area contributed by atoms with Gasteiger partial charge in [-0.25, -0.2) is 0 Å². The van der Waals surface area contributed by atoms with Gasteiger partial charge in [-0.2, -0.15) is 0 Å². The van der Waals surface area contributed by atoms with Gasteiger partial charge in [0.25, 0.3) is 0 Å². The lowest BCUT2D eigenvalue weighted by Gasteiger charge is -2.41. The number of hydrogen-bond acceptors (Lipinski definition) is 7. The van der Waals surface area contributed by atoms with Crippen molar-refractivity contribution in [1.29, 1.82) is 0 Å². The summed E-state index contributed by atoms with van der Waals surface area (Å²) in [4.78, 5) is 29.1. The molecule has 0 aromatic heterocycles. The van der Waals surface area contributed by atoms with Gasteiger partial charge in [-0.1, -0.05) is 0 Å². The molecule has 0 aromatic rings. The Bertz CT molecular complexity index is 483. The van der Waals surface area contributed by atoms with Crippen molar-refractivity contribution in [2.75, 3.05) is 72.6 Å². The van der Waals surface area contributed by atoms with Crippen LogP contribution in [-0.2, 0) is 19.1 Å². The summed E-state index contributed by atoms with van der Waals surface area (Å²) in [6, 6.07) is 0.752. The molecule has 3 aliphatic rings. The third-order valence-corrected chi connectivity index (χ3v) is 6.08. The van der Waals surface area contributed by atoms with E-state index in [1.165, 1.54) is 26.9 Å². The van der Waals surface area contributed by atoms with Crippen molar-refractivity contribution in [1.82, 2.24) is 20.0 Å². The molecular formula is C21H40N4O4. The second kappa shape index (κ2) is 13.2. The molecule has 0 bridgehead atoms. The maximum absolute atomic E-state index is 12.5. The molecule has 168 valence electrons. The molecule has 3 fully saturated rings. The number of piperidine rings is 2. The first-order valence-corrected chi connectivity index (χ1v) is 11.1. The smallest absolute Gasteiger partial charge is 0.302 e. The van der Waals surface area contributed by atoms with Crippen LogP contribution in [0.2, 0.25) is 0 Å². The fraction of sp³-hybridized carbons (Fsp3) is 0.905. The van der Waals surface area contributed by atoms with Gasteiger partial charge in [0, 0.05) is 58.8 Å². The van der Waals surface area contributed by atoms with E-state index >= 15 is 0 Å². The Morgan fingerprint density at radius 1 is 0.966 bits per heavy atom. The number of amides is 1. The van der Waals surface area contributed by atoms with E-state index in [0.29, 0.717) is 18.6 Å². The van der Waals surface area contributed by atoms with Crippen LogP contribution in [0, 0.1) is 0 Å². The Morgan fingerprint density at radius 3 is 2.07 bits per heavy atom. The summed E-state index contributed by atoms with van der Waals surface area (Å²) < 4.78 is 9.78. The first-order chi connectivity index (χ1) is 14.0. The van der Waals surface area contributed by atoms with Gasteiger partial charge in [-0.15, -0.1) is 0 Å². The SMILES string of the molecule is CCOC1CCN(C(=O)CN2CCN(C3CCNCC3)CC2)CC1.COC(C)=O. The van der Waals surface area contributed by atoms with Crippen molar-refractivity contribution in [3.63, 3.8) is 0 Å². The maximum atomic E-state index is 12.5. The highest BCUT2D eigenvalue weighted by Crippen LogP contribution is 2.16. The van der Waals surface area contributed by atoms with Crippen LogP contribution in [0.15, 0.2) is 0 Å². The largest absolute Gasteiger partial charge is 0.469 e. The zero-order valence-electron chi connectivity index (χ0n) is 18.5. The van der Waals surface area contributed by atoms with Gasteiger partial charge >= 0.3 is 5.97 Å². The third-order valence-electron chi connectivity index (χ3n) is 6.08. The number of methoxy groups -OCH3 is 1. The molecule has 0 radical (unpaired) electrons. The van der Waals surface area contributed by atoms with E-state index < -0.39 is 0 Å². The molecule has 3 aliphatic heterocycles. The minimum Gasteiger partial charge on any atom is -0.469 e. The Labute approximate surface area is 175 Å². The molecule has 8 heteroatoms. The lowest BCUT2D eigenvalue weighted by Crippen LogP contribution is -2.54. The molecule has 1 N–H and O–H groups in total. The van der Waals surface area contributed by atoms with Gasteiger partial charge in [0.1, 0.15) is 0 Å². The number of likely N-dealkylation sites (tertiary alicyclic amines) is 1. The van der Waals surface area contributed by atoms with Gasteiger partial charge in [0.05, 0.1) is 19.8 Å². The van der Waals surface area contributed by atoms with Crippen molar-refractivity contribution in [3.8, 4) is 0 Å². The molecule has 0 unspecified atom stereocenters. The summed E-state index contributed by atoms with van der Waals surface area (Å²) >= 11 is 0. The van der Waals surface area contributed by atoms with Crippen LogP contribution in [-0.4, -0.2) is 111 Å². The molecule has 3 saturated heterocycles. The summed E-state index contributed by atoms with van der Waals surface area (Å²) in [5.41, 5.74) is 0. The fourth-order valence-electron chi connectivity index (χ4n) is 4.26. The fourth-order valence-corrected chi connectivity index (χ4v) is 4.26. The van der Waals surface area contributed by atoms with E-state index in [1.807, 2.05) is 11.8 Å². The predicted octanol–water partition coefficient (Wildman–Crippen LogP) is 0.563. The summed E-state index contributed by atoms with van der Waals surface area (Å²) in [5.74, 6) is 0.0604. The number of hydrogen-bond donors (Lipinski definition) is 1. The Kier molecular flexibility index (Phi) is 10.9. The van der Waals surface area contributed by atoms with Gasteiger partial charge in [-0.05, 0) is 45.7 Å². The topological polar surface area (TPSA) is 74.3 Å². The number of piperazine rings is 1. The molecule has 29 heavy (non-hydrogen) atoms. The van der Waals surface area contributed by atoms with Gasteiger partial charge in [0.2, 0.25) is 5.91 Å².